The molecular formula is C34H58O5. The van der Waals surface area contributed by atoms with Crippen LogP contribution in [0, 0.1) is 52.3 Å². The Morgan fingerprint density at radius 2 is 1.72 bits per heavy atom. The Balaban J connectivity index is 1.37. The van der Waals surface area contributed by atoms with Gasteiger partial charge in [0.2, 0.25) is 0 Å². The smallest absolute Gasteiger partial charge is 0.158 e. The molecule has 0 radical (unpaired) electrons. The maximum Gasteiger partial charge on any atom is 0.158 e. The highest BCUT2D eigenvalue weighted by molar-refractivity contribution is 5.13. The molecule has 5 aliphatic rings. The normalized spacial score (nSPS) is 48.4. The number of hydrogen-bond acceptors (Lipinski definition) is 5. The van der Waals surface area contributed by atoms with Crippen LogP contribution in [-0.4, -0.2) is 52.6 Å². The van der Waals surface area contributed by atoms with Crippen molar-refractivity contribution in [3.63, 3.8) is 0 Å². The maximum atomic E-state index is 11.2. The minimum Gasteiger partial charge on any atom is -0.394 e. The molecule has 0 aromatic carbocycles. The first-order chi connectivity index (χ1) is 18.6. The van der Waals surface area contributed by atoms with Gasteiger partial charge >= 0.3 is 0 Å². The van der Waals surface area contributed by atoms with E-state index in [0.29, 0.717) is 24.7 Å². The molecule has 224 valence electrons. The van der Waals surface area contributed by atoms with Gasteiger partial charge in [-0.15, -0.1) is 0 Å². The molecule has 1 aliphatic heterocycles. The highest BCUT2D eigenvalue weighted by Gasteiger charge is 2.64. The van der Waals surface area contributed by atoms with Crippen LogP contribution in [0.25, 0.3) is 0 Å². The summed E-state index contributed by atoms with van der Waals surface area (Å²) in [6.45, 7) is 11.6. The Bertz CT molecular complexity index is 841. The van der Waals surface area contributed by atoms with E-state index in [1.165, 1.54) is 38.5 Å². The summed E-state index contributed by atoms with van der Waals surface area (Å²) in [5.74, 6) is 4.94. The number of fused-ring (bicyclic) bond motifs is 5. The van der Waals surface area contributed by atoms with Crippen molar-refractivity contribution in [1.82, 2.24) is 0 Å². The Labute approximate surface area is 238 Å². The van der Waals surface area contributed by atoms with Crippen molar-refractivity contribution in [2.45, 2.75) is 142 Å². The van der Waals surface area contributed by atoms with Gasteiger partial charge in [0.05, 0.1) is 24.9 Å². The summed E-state index contributed by atoms with van der Waals surface area (Å²) in [6.07, 6.45) is 16.2. The predicted octanol–water partition coefficient (Wildman–Crippen LogP) is 6.49. The van der Waals surface area contributed by atoms with Crippen LogP contribution in [0.15, 0.2) is 12.2 Å². The molecule has 0 amide bonds. The summed E-state index contributed by atoms with van der Waals surface area (Å²) in [5.41, 5.74) is -0.0662. The first-order valence-corrected chi connectivity index (χ1v) is 16.5. The summed E-state index contributed by atoms with van der Waals surface area (Å²) in [4.78, 5) is 0. The van der Waals surface area contributed by atoms with E-state index in [4.69, 9.17) is 9.47 Å². The van der Waals surface area contributed by atoms with Crippen LogP contribution < -0.4 is 0 Å². The van der Waals surface area contributed by atoms with Gasteiger partial charge in [-0.1, -0.05) is 46.8 Å². The van der Waals surface area contributed by atoms with Crippen molar-refractivity contribution in [2.75, 3.05) is 6.61 Å². The highest BCUT2D eigenvalue weighted by Crippen LogP contribution is 2.68. The number of aliphatic hydroxyl groups excluding tert-OH is 3. The molecule has 13 unspecified atom stereocenters. The van der Waals surface area contributed by atoms with Gasteiger partial charge in [-0.05, 0) is 123 Å². The van der Waals surface area contributed by atoms with Gasteiger partial charge in [-0.3, -0.25) is 0 Å². The molecule has 0 aromatic rings. The SMILES string of the molecule is CCC=CCCC(C)C1CCC2C1CCC1C2CC(OC2CCC(O)C(CO)O2)C2C(C)(C)C(O)CCC12C. The summed E-state index contributed by atoms with van der Waals surface area (Å²) >= 11 is 0. The van der Waals surface area contributed by atoms with E-state index in [2.05, 4.69) is 46.8 Å². The molecule has 3 N–H and O–H groups in total. The fourth-order valence-electron chi connectivity index (χ4n) is 10.9. The molecule has 5 rings (SSSR count). The molecule has 13 atom stereocenters. The molecule has 1 heterocycles. The average molecular weight is 547 g/mol. The largest absolute Gasteiger partial charge is 0.394 e. The van der Waals surface area contributed by atoms with Crippen LogP contribution in [0.3, 0.4) is 0 Å². The summed E-state index contributed by atoms with van der Waals surface area (Å²) < 4.78 is 13.0. The second-order valence-corrected chi connectivity index (χ2v) is 15.1. The number of ether oxygens (including phenoxy) is 2. The number of rotatable bonds is 8. The van der Waals surface area contributed by atoms with Crippen molar-refractivity contribution >= 4 is 0 Å². The predicted molar refractivity (Wildman–Crippen MR) is 155 cm³/mol. The zero-order chi connectivity index (χ0) is 27.9. The second-order valence-electron chi connectivity index (χ2n) is 15.1. The molecule has 0 bridgehead atoms. The van der Waals surface area contributed by atoms with Gasteiger partial charge in [0.15, 0.2) is 6.29 Å². The first-order valence-electron chi connectivity index (χ1n) is 16.5. The topological polar surface area (TPSA) is 79.2 Å². The highest BCUT2D eigenvalue weighted by atomic mass is 16.7. The number of allylic oxidation sites excluding steroid dienone is 2. The van der Waals surface area contributed by atoms with Gasteiger partial charge in [0.25, 0.3) is 0 Å². The molecule has 39 heavy (non-hydrogen) atoms. The molecule has 4 aliphatic carbocycles. The van der Waals surface area contributed by atoms with E-state index in [9.17, 15) is 15.3 Å². The van der Waals surface area contributed by atoms with Crippen molar-refractivity contribution < 1.29 is 24.8 Å². The van der Waals surface area contributed by atoms with Crippen LogP contribution in [0.5, 0.6) is 0 Å². The fraction of sp³-hybridized carbons (Fsp3) is 0.941. The molecule has 5 fully saturated rings. The molecule has 1 saturated heterocycles. The van der Waals surface area contributed by atoms with Crippen LogP contribution in [0.1, 0.15) is 112 Å². The van der Waals surface area contributed by atoms with Gasteiger partial charge in [-0.25, -0.2) is 0 Å². The minimum atomic E-state index is -0.627. The lowest BCUT2D eigenvalue weighted by atomic mass is 9.41. The summed E-state index contributed by atoms with van der Waals surface area (Å²) in [7, 11) is 0. The van der Waals surface area contributed by atoms with Crippen molar-refractivity contribution in [2.24, 2.45) is 52.3 Å². The quantitative estimate of drug-likeness (QED) is 0.240. The molecular weight excluding hydrogens is 488 g/mol. The van der Waals surface area contributed by atoms with Gasteiger partial charge in [-0.2, -0.15) is 0 Å². The zero-order valence-corrected chi connectivity index (χ0v) is 25.4. The Morgan fingerprint density at radius 3 is 2.46 bits per heavy atom. The van der Waals surface area contributed by atoms with Crippen LogP contribution in [0.4, 0.5) is 0 Å². The lowest BCUT2D eigenvalue weighted by Crippen LogP contribution is -2.64. The third kappa shape index (κ3) is 5.54. The van der Waals surface area contributed by atoms with E-state index in [1.54, 1.807) is 0 Å². The number of aliphatic hydroxyl groups is 3. The number of hydrogen-bond donors (Lipinski definition) is 3. The monoisotopic (exact) mass is 546 g/mol. The van der Waals surface area contributed by atoms with E-state index in [1.807, 2.05) is 0 Å². The van der Waals surface area contributed by atoms with E-state index >= 15 is 0 Å². The van der Waals surface area contributed by atoms with Crippen molar-refractivity contribution in [3.05, 3.63) is 12.2 Å². The van der Waals surface area contributed by atoms with Crippen molar-refractivity contribution in [3.8, 4) is 0 Å². The molecule has 0 aromatic heterocycles. The van der Waals surface area contributed by atoms with E-state index in [0.717, 1.165) is 49.4 Å². The van der Waals surface area contributed by atoms with E-state index in [-0.39, 0.29) is 35.6 Å². The third-order valence-corrected chi connectivity index (χ3v) is 12.7. The molecule has 5 heteroatoms. The van der Waals surface area contributed by atoms with Gasteiger partial charge in [0.1, 0.15) is 6.10 Å². The standard InChI is InChI=1S/C34H58O5/c1-6-7-8-9-10-21(2)22-11-12-24-23(22)13-14-26-25(24)19-28(38-31-16-15-27(36)29(20-35)39-31)32-33(3,4)30(37)17-18-34(26,32)5/h7-8,21-32,35-37H,6,9-20H2,1-5H3. The average Bonchev–Trinajstić information content (AvgIpc) is 3.35. The maximum absolute atomic E-state index is 11.2. The lowest BCUT2D eigenvalue weighted by molar-refractivity contribution is -0.292. The zero-order valence-electron chi connectivity index (χ0n) is 25.4. The van der Waals surface area contributed by atoms with Crippen LogP contribution in [0.2, 0.25) is 0 Å². The Morgan fingerprint density at radius 1 is 0.949 bits per heavy atom. The van der Waals surface area contributed by atoms with Gasteiger partial charge in [0, 0.05) is 6.42 Å². The second kappa shape index (κ2) is 12.0. The summed E-state index contributed by atoms with van der Waals surface area (Å²) in [5, 5.41) is 31.2. The van der Waals surface area contributed by atoms with Crippen molar-refractivity contribution in [1.29, 1.82) is 0 Å². The molecule has 4 saturated carbocycles. The Hall–Kier alpha value is -0.460. The Kier molecular flexibility index (Phi) is 9.26. The van der Waals surface area contributed by atoms with Crippen LogP contribution in [-0.2, 0) is 9.47 Å². The van der Waals surface area contributed by atoms with E-state index < -0.39 is 18.5 Å². The van der Waals surface area contributed by atoms with Gasteiger partial charge < -0.3 is 24.8 Å². The molecule has 0 spiro atoms. The fourth-order valence-corrected chi connectivity index (χ4v) is 10.9. The third-order valence-electron chi connectivity index (χ3n) is 12.7. The van der Waals surface area contributed by atoms with Crippen LogP contribution >= 0.6 is 0 Å². The lowest BCUT2D eigenvalue weighted by Gasteiger charge is -2.65. The molecule has 5 nitrogen and oxygen atoms in total. The first kappa shape index (κ1) is 30.0. The summed E-state index contributed by atoms with van der Waals surface area (Å²) in [6, 6.07) is 0. The minimum absolute atomic E-state index is 0.0372.